The Labute approximate surface area is 175 Å². The van der Waals surface area contributed by atoms with E-state index in [1.807, 2.05) is 27.6 Å². The number of tetrazole rings is 1. The van der Waals surface area contributed by atoms with Gasteiger partial charge in [0.1, 0.15) is 0 Å². The quantitative estimate of drug-likeness (QED) is 0.494. The summed E-state index contributed by atoms with van der Waals surface area (Å²) in [6.45, 7) is 5.41. The maximum absolute atomic E-state index is 13.0. The van der Waals surface area contributed by atoms with E-state index in [-0.39, 0.29) is 11.8 Å². The van der Waals surface area contributed by atoms with Crippen LogP contribution in [0.1, 0.15) is 35.1 Å². The van der Waals surface area contributed by atoms with Gasteiger partial charge in [-0.15, -0.1) is 5.10 Å². The van der Waals surface area contributed by atoms with Gasteiger partial charge in [0, 0.05) is 30.0 Å². The first-order chi connectivity index (χ1) is 14.6. The molecular formula is C24H25N5O. The summed E-state index contributed by atoms with van der Waals surface area (Å²) in [7, 11) is 0. The number of rotatable bonds is 6. The summed E-state index contributed by atoms with van der Waals surface area (Å²) in [5.41, 5.74) is 6.36. The Morgan fingerprint density at radius 3 is 2.70 bits per heavy atom. The number of pyridine rings is 1. The number of carbonyl (C=O) groups excluding carboxylic acids is 1. The lowest BCUT2D eigenvalue weighted by atomic mass is 10.0. The number of benzene rings is 2. The molecule has 0 unspecified atom stereocenters. The van der Waals surface area contributed by atoms with Crippen molar-refractivity contribution in [3.63, 3.8) is 0 Å². The molecule has 1 fully saturated rings. The highest BCUT2D eigenvalue weighted by atomic mass is 16.2. The maximum Gasteiger partial charge on any atom is 0.225 e. The van der Waals surface area contributed by atoms with E-state index in [0.717, 1.165) is 41.4 Å². The first kappa shape index (κ1) is 18.7. The van der Waals surface area contributed by atoms with E-state index in [4.69, 9.17) is 0 Å². The van der Waals surface area contributed by atoms with Gasteiger partial charge >= 0.3 is 0 Å². The predicted molar refractivity (Wildman–Crippen MR) is 116 cm³/mol. The van der Waals surface area contributed by atoms with Crippen molar-refractivity contribution in [1.29, 1.82) is 0 Å². The molecule has 4 aromatic rings. The van der Waals surface area contributed by atoms with E-state index < -0.39 is 0 Å². The largest absolute Gasteiger partial charge is 0.338 e. The molecule has 0 N–H and O–H groups in total. The summed E-state index contributed by atoms with van der Waals surface area (Å²) >= 11 is 0. The van der Waals surface area contributed by atoms with Crippen molar-refractivity contribution >= 4 is 22.5 Å². The van der Waals surface area contributed by atoms with E-state index in [9.17, 15) is 4.79 Å². The molecule has 1 aliphatic carbocycles. The van der Waals surface area contributed by atoms with Gasteiger partial charge < -0.3 is 4.90 Å². The number of aryl methyl sites for hydroxylation is 2. The summed E-state index contributed by atoms with van der Waals surface area (Å²) in [6.07, 6.45) is 2.84. The van der Waals surface area contributed by atoms with E-state index in [1.54, 1.807) is 0 Å². The lowest BCUT2D eigenvalue weighted by Gasteiger charge is -2.23. The SMILES string of the molecule is Cc1ccc2cc(CN(CCc3ccccc3)C(=O)C3CC3)c3nnnn3c2c1C. The molecule has 2 aromatic heterocycles. The van der Waals surface area contributed by atoms with Crippen molar-refractivity contribution in [3.8, 4) is 0 Å². The van der Waals surface area contributed by atoms with Crippen LogP contribution in [0.4, 0.5) is 0 Å². The normalized spacial score (nSPS) is 13.8. The molecule has 2 heterocycles. The van der Waals surface area contributed by atoms with Crippen molar-refractivity contribution in [2.45, 2.75) is 39.7 Å². The molecule has 30 heavy (non-hydrogen) atoms. The van der Waals surface area contributed by atoms with Gasteiger partial charge in [-0.2, -0.15) is 4.52 Å². The molecule has 1 saturated carbocycles. The molecule has 1 amide bonds. The Hall–Kier alpha value is -3.28. The van der Waals surface area contributed by atoms with Gasteiger partial charge in [0.15, 0.2) is 5.65 Å². The number of nitrogens with zero attached hydrogens (tertiary/aromatic N) is 5. The van der Waals surface area contributed by atoms with Crippen molar-refractivity contribution in [1.82, 2.24) is 24.9 Å². The molecule has 5 rings (SSSR count). The van der Waals surface area contributed by atoms with Crippen LogP contribution in [-0.4, -0.2) is 37.4 Å². The number of hydrogen-bond acceptors (Lipinski definition) is 4. The number of carbonyl (C=O) groups is 1. The van der Waals surface area contributed by atoms with Crippen LogP contribution in [0, 0.1) is 19.8 Å². The fourth-order valence-electron chi connectivity index (χ4n) is 4.10. The van der Waals surface area contributed by atoms with Crippen LogP contribution >= 0.6 is 0 Å². The molecular weight excluding hydrogens is 374 g/mol. The van der Waals surface area contributed by atoms with Crippen LogP contribution < -0.4 is 0 Å². The molecule has 0 atom stereocenters. The lowest BCUT2D eigenvalue weighted by molar-refractivity contribution is -0.133. The number of amides is 1. The van der Waals surface area contributed by atoms with E-state index >= 15 is 0 Å². The molecule has 2 aromatic carbocycles. The molecule has 0 radical (unpaired) electrons. The van der Waals surface area contributed by atoms with Gasteiger partial charge in [-0.3, -0.25) is 4.79 Å². The third-order valence-electron chi connectivity index (χ3n) is 6.14. The zero-order chi connectivity index (χ0) is 20.7. The Kier molecular flexibility index (Phi) is 4.69. The van der Waals surface area contributed by atoms with E-state index in [2.05, 4.69) is 59.7 Å². The second kappa shape index (κ2) is 7.52. The minimum atomic E-state index is 0.179. The molecule has 0 saturated heterocycles. The topological polar surface area (TPSA) is 63.4 Å². The summed E-state index contributed by atoms with van der Waals surface area (Å²) < 4.78 is 1.82. The average Bonchev–Trinajstić information content (AvgIpc) is 3.50. The molecule has 0 spiro atoms. The van der Waals surface area contributed by atoms with Gasteiger partial charge in [-0.05, 0) is 66.3 Å². The van der Waals surface area contributed by atoms with Crippen LogP contribution in [0.5, 0.6) is 0 Å². The van der Waals surface area contributed by atoms with Gasteiger partial charge in [0.25, 0.3) is 0 Å². The zero-order valence-electron chi connectivity index (χ0n) is 17.4. The lowest BCUT2D eigenvalue weighted by Crippen LogP contribution is -2.33. The number of aromatic nitrogens is 4. The Bertz CT molecular complexity index is 1230. The number of fused-ring (bicyclic) bond motifs is 3. The van der Waals surface area contributed by atoms with E-state index in [0.29, 0.717) is 13.1 Å². The highest BCUT2D eigenvalue weighted by Gasteiger charge is 2.33. The zero-order valence-corrected chi connectivity index (χ0v) is 17.4. The third-order valence-corrected chi connectivity index (χ3v) is 6.14. The van der Waals surface area contributed by atoms with Crippen molar-refractivity contribution in [2.75, 3.05) is 6.54 Å². The van der Waals surface area contributed by atoms with Crippen molar-refractivity contribution in [3.05, 3.63) is 70.8 Å². The average molecular weight is 399 g/mol. The third kappa shape index (κ3) is 3.43. The highest BCUT2D eigenvalue weighted by Crippen LogP contribution is 2.32. The summed E-state index contributed by atoms with van der Waals surface area (Å²) in [5, 5.41) is 13.6. The van der Waals surface area contributed by atoms with Crippen LogP contribution in [0.3, 0.4) is 0 Å². The van der Waals surface area contributed by atoms with Crippen LogP contribution in [0.15, 0.2) is 48.5 Å². The highest BCUT2D eigenvalue weighted by molar-refractivity contribution is 5.87. The van der Waals surface area contributed by atoms with Gasteiger partial charge in [-0.25, -0.2) is 0 Å². The smallest absolute Gasteiger partial charge is 0.225 e. The summed E-state index contributed by atoms with van der Waals surface area (Å²) in [6, 6.07) is 16.7. The molecule has 1 aliphatic rings. The van der Waals surface area contributed by atoms with Gasteiger partial charge in [0.05, 0.1) is 5.52 Å². The minimum absolute atomic E-state index is 0.179. The fourth-order valence-corrected chi connectivity index (χ4v) is 4.10. The van der Waals surface area contributed by atoms with Gasteiger partial charge in [0.2, 0.25) is 5.91 Å². The Morgan fingerprint density at radius 2 is 1.93 bits per heavy atom. The van der Waals surface area contributed by atoms with Gasteiger partial charge in [-0.1, -0.05) is 42.5 Å². The molecule has 6 nitrogen and oxygen atoms in total. The molecule has 152 valence electrons. The number of hydrogen-bond donors (Lipinski definition) is 0. The standard InChI is InChI=1S/C24H25N5O/c1-16-8-9-20-14-21(23-25-26-27-29(23)22(20)17(16)2)15-28(24(30)19-10-11-19)13-12-18-6-4-3-5-7-18/h3-9,14,19H,10-13,15H2,1-2H3. The monoisotopic (exact) mass is 399 g/mol. The molecule has 0 aliphatic heterocycles. The first-order valence-electron chi connectivity index (χ1n) is 10.5. The Balaban J connectivity index is 1.51. The first-order valence-corrected chi connectivity index (χ1v) is 10.5. The maximum atomic E-state index is 13.0. The minimum Gasteiger partial charge on any atom is -0.338 e. The predicted octanol–water partition coefficient (Wildman–Crippen LogP) is 3.88. The molecule has 0 bridgehead atoms. The Morgan fingerprint density at radius 1 is 1.13 bits per heavy atom. The van der Waals surface area contributed by atoms with Crippen molar-refractivity contribution in [2.24, 2.45) is 5.92 Å². The van der Waals surface area contributed by atoms with E-state index in [1.165, 1.54) is 16.7 Å². The van der Waals surface area contributed by atoms with Crippen LogP contribution in [0.25, 0.3) is 16.6 Å². The fraction of sp³-hybridized carbons (Fsp3) is 0.333. The molecule has 6 heteroatoms. The van der Waals surface area contributed by atoms with Crippen LogP contribution in [-0.2, 0) is 17.8 Å². The van der Waals surface area contributed by atoms with Crippen LogP contribution in [0.2, 0.25) is 0 Å². The van der Waals surface area contributed by atoms with Crippen molar-refractivity contribution < 1.29 is 4.79 Å². The second-order valence-corrected chi connectivity index (χ2v) is 8.30. The summed E-state index contributed by atoms with van der Waals surface area (Å²) in [4.78, 5) is 15.0. The summed E-state index contributed by atoms with van der Waals surface area (Å²) in [5.74, 6) is 0.426. The second-order valence-electron chi connectivity index (χ2n) is 8.30.